The number of unbranched alkanes of at least 4 members (excludes halogenated alkanes) is 2. The summed E-state index contributed by atoms with van der Waals surface area (Å²) in [6.45, 7) is 14.1. The Kier molecular flexibility index (Phi) is 16.4. The van der Waals surface area contributed by atoms with Gasteiger partial charge < -0.3 is 29.2 Å². The molecular formula is C33H53N3O6. The van der Waals surface area contributed by atoms with E-state index >= 15 is 0 Å². The van der Waals surface area contributed by atoms with Crippen LogP contribution < -0.4 is 4.74 Å². The van der Waals surface area contributed by atoms with Gasteiger partial charge in [-0.1, -0.05) is 56.2 Å². The van der Waals surface area contributed by atoms with Gasteiger partial charge in [0.15, 0.2) is 0 Å². The molecule has 0 aliphatic heterocycles. The fraction of sp³-hybridized carbons (Fsp3) is 0.636. The van der Waals surface area contributed by atoms with E-state index in [2.05, 4.69) is 49.8 Å². The Labute approximate surface area is 252 Å². The van der Waals surface area contributed by atoms with Crippen LogP contribution in [-0.4, -0.2) is 71.5 Å². The third kappa shape index (κ3) is 11.5. The van der Waals surface area contributed by atoms with E-state index in [0.29, 0.717) is 58.5 Å². The van der Waals surface area contributed by atoms with Gasteiger partial charge in [-0.2, -0.15) is 0 Å². The number of aromatic nitrogens is 3. The van der Waals surface area contributed by atoms with Crippen LogP contribution in [0.25, 0.3) is 0 Å². The maximum absolute atomic E-state index is 11.2. The van der Waals surface area contributed by atoms with Crippen LogP contribution in [0.3, 0.4) is 0 Å². The average molecular weight is 588 g/mol. The van der Waals surface area contributed by atoms with E-state index in [4.69, 9.17) is 24.1 Å². The van der Waals surface area contributed by atoms with Gasteiger partial charge in [-0.25, -0.2) is 4.68 Å². The van der Waals surface area contributed by atoms with E-state index < -0.39 is 0 Å². The quantitative estimate of drug-likeness (QED) is 0.144. The zero-order chi connectivity index (χ0) is 29.5. The highest BCUT2D eigenvalue weighted by atomic mass is 16.5. The summed E-state index contributed by atoms with van der Waals surface area (Å²) in [5.41, 5.74) is 5.16. The lowest BCUT2D eigenvalue weighted by atomic mass is 9.73. The monoisotopic (exact) mass is 587 g/mol. The SMILES string of the molecule is C.C=C(C)C1CCC(C)=CC1c1c(O)cc(CCCCC)cc1OCCOCCOCc1cn(CCOCCO)nn1. The molecule has 0 radical (unpaired) electrons. The normalized spacial score (nSPS) is 16.6. The third-order valence-corrected chi connectivity index (χ3v) is 7.36. The molecule has 9 heteroatoms. The minimum atomic E-state index is 0. The molecule has 2 unspecified atom stereocenters. The summed E-state index contributed by atoms with van der Waals surface area (Å²) < 4.78 is 24.6. The number of hydrogen-bond donors (Lipinski definition) is 2. The van der Waals surface area contributed by atoms with E-state index in [1.54, 1.807) is 4.68 Å². The number of aromatic hydroxyl groups is 1. The first kappa shape index (κ1) is 35.5. The first-order valence-corrected chi connectivity index (χ1v) is 15.0. The molecule has 0 fully saturated rings. The van der Waals surface area contributed by atoms with Gasteiger partial charge in [0.25, 0.3) is 0 Å². The second-order valence-corrected chi connectivity index (χ2v) is 10.8. The smallest absolute Gasteiger partial charge is 0.127 e. The number of benzene rings is 1. The summed E-state index contributed by atoms with van der Waals surface area (Å²) in [6.07, 6.45) is 10.5. The van der Waals surface area contributed by atoms with Crippen LogP contribution in [0.15, 0.2) is 42.1 Å². The van der Waals surface area contributed by atoms with Crippen LogP contribution in [0.2, 0.25) is 0 Å². The van der Waals surface area contributed by atoms with E-state index in [-0.39, 0.29) is 25.9 Å². The molecule has 2 atom stereocenters. The second kappa shape index (κ2) is 19.5. The topological polar surface area (TPSA) is 108 Å². The van der Waals surface area contributed by atoms with Crippen molar-refractivity contribution in [1.29, 1.82) is 0 Å². The van der Waals surface area contributed by atoms with Crippen LogP contribution in [-0.2, 0) is 33.8 Å². The number of phenols is 1. The van der Waals surface area contributed by atoms with Crippen molar-refractivity contribution in [2.75, 3.05) is 46.2 Å². The van der Waals surface area contributed by atoms with Crippen LogP contribution in [0, 0.1) is 5.92 Å². The zero-order valence-electron chi connectivity index (χ0n) is 25.1. The lowest BCUT2D eigenvalue weighted by molar-refractivity contribution is 0.0292. The molecule has 0 saturated carbocycles. The van der Waals surface area contributed by atoms with E-state index in [9.17, 15) is 5.11 Å². The zero-order valence-corrected chi connectivity index (χ0v) is 25.1. The van der Waals surface area contributed by atoms with Gasteiger partial charge in [-0.05, 0) is 63.1 Å². The molecule has 0 saturated heterocycles. The van der Waals surface area contributed by atoms with Gasteiger partial charge in [-0.3, -0.25) is 0 Å². The van der Waals surface area contributed by atoms with Crippen molar-refractivity contribution >= 4 is 0 Å². The van der Waals surface area contributed by atoms with Crippen molar-refractivity contribution in [3.8, 4) is 11.5 Å². The van der Waals surface area contributed by atoms with Gasteiger partial charge in [0, 0.05) is 11.5 Å². The van der Waals surface area contributed by atoms with E-state index in [0.717, 1.165) is 66.7 Å². The van der Waals surface area contributed by atoms with Crippen LogP contribution >= 0.6 is 0 Å². The van der Waals surface area contributed by atoms with Crippen molar-refractivity contribution in [2.45, 2.75) is 85.8 Å². The van der Waals surface area contributed by atoms with Gasteiger partial charge in [-0.15, -0.1) is 5.10 Å². The minimum Gasteiger partial charge on any atom is -0.507 e. The van der Waals surface area contributed by atoms with Crippen molar-refractivity contribution in [2.24, 2.45) is 5.92 Å². The van der Waals surface area contributed by atoms with Gasteiger partial charge in [0.05, 0.1) is 59.0 Å². The maximum atomic E-state index is 11.2. The summed E-state index contributed by atoms with van der Waals surface area (Å²) in [4.78, 5) is 0. The van der Waals surface area contributed by atoms with Crippen molar-refractivity contribution < 1.29 is 29.2 Å². The number of aliphatic hydroxyl groups is 1. The third-order valence-electron chi connectivity index (χ3n) is 7.36. The fourth-order valence-electron chi connectivity index (χ4n) is 5.20. The Hall–Kier alpha value is -2.72. The number of nitrogens with zero attached hydrogens (tertiary/aromatic N) is 3. The average Bonchev–Trinajstić information content (AvgIpc) is 3.40. The summed E-state index contributed by atoms with van der Waals surface area (Å²) >= 11 is 0. The first-order chi connectivity index (χ1) is 19.9. The van der Waals surface area contributed by atoms with Crippen molar-refractivity contribution in [3.63, 3.8) is 0 Å². The fourth-order valence-corrected chi connectivity index (χ4v) is 5.20. The molecule has 42 heavy (non-hydrogen) atoms. The Morgan fingerprint density at radius 1 is 1.07 bits per heavy atom. The van der Waals surface area contributed by atoms with Gasteiger partial charge in [0.2, 0.25) is 0 Å². The van der Waals surface area contributed by atoms with Gasteiger partial charge in [0.1, 0.15) is 23.8 Å². The highest BCUT2D eigenvalue weighted by Gasteiger charge is 2.30. The first-order valence-electron chi connectivity index (χ1n) is 15.0. The second-order valence-electron chi connectivity index (χ2n) is 10.8. The minimum absolute atomic E-state index is 0. The number of rotatable bonds is 20. The summed E-state index contributed by atoms with van der Waals surface area (Å²) in [7, 11) is 0. The molecule has 1 aliphatic rings. The Balaban J connectivity index is 0.00000616. The molecule has 1 aliphatic carbocycles. The summed E-state index contributed by atoms with van der Waals surface area (Å²) in [5.74, 6) is 1.36. The molecule has 0 amide bonds. The molecule has 236 valence electrons. The maximum Gasteiger partial charge on any atom is 0.127 e. The van der Waals surface area contributed by atoms with Gasteiger partial charge >= 0.3 is 0 Å². The van der Waals surface area contributed by atoms with Crippen molar-refractivity contribution in [1.82, 2.24) is 15.0 Å². The number of ether oxygens (including phenoxy) is 4. The van der Waals surface area contributed by atoms with Crippen molar-refractivity contribution in [3.05, 3.63) is 59.0 Å². The summed E-state index contributed by atoms with van der Waals surface area (Å²) in [5, 5.41) is 28.1. The molecular weight excluding hydrogens is 534 g/mol. The number of hydrogen-bond acceptors (Lipinski definition) is 8. The van der Waals surface area contributed by atoms with E-state index in [1.807, 2.05) is 12.3 Å². The Bertz CT molecular complexity index is 1100. The molecule has 0 spiro atoms. The number of aryl methyl sites for hydroxylation is 1. The molecule has 2 N–H and O–H groups in total. The molecule has 1 aromatic heterocycles. The molecule has 3 rings (SSSR count). The lowest BCUT2D eigenvalue weighted by Crippen LogP contribution is -2.19. The lowest BCUT2D eigenvalue weighted by Gasteiger charge is -2.32. The largest absolute Gasteiger partial charge is 0.507 e. The highest BCUT2D eigenvalue weighted by Crippen LogP contribution is 2.47. The van der Waals surface area contributed by atoms with Crippen LogP contribution in [0.5, 0.6) is 11.5 Å². The molecule has 2 aromatic rings. The summed E-state index contributed by atoms with van der Waals surface area (Å²) in [6, 6.07) is 4.02. The van der Waals surface area contributed by atoms with Crippen LogP contribution in [0.1, 0.15) is 83.0 Å². The predicted octanol–water partition coefficient (Wildman–Crippen LogP) is 5.99. The van der Waals surface area contributed by atoms with E-state index in [1.165, 1.54) is 5.57 Å². The standard InChI is InChI=1S/C32H49N3O6.CH4/c1-5-6-7-8-26-20-30(37)32(29-19-25(4)9-10-28(29)24(2)3)31(21-26)41-18-17-39-15-16-40-23-27-22-35(34-33-27)11-13-38-14-12-36;/h19-22,28-29,36-37H,2,5-18,23H2,1,3-4H3;1H4. The molecule has 1 aromatic carbocycles. The molecule has 9 nitrogen and oxygen atoms in total. The number of allylic oxidation sites excluding steroid dienone is 3. The Morgan fingerprint density at radius 2 is 1.83 bits per heavy atom. The Morgan fingerprint density at radius 3 is 2.60 bits per heavy atom. The molecule has 0 bridgehead atoms. The highest BCUT2D eigenvalue weighted by molar-refractivity contribution is 5.52. The van der Waals surface area contributed by atoms with Crippen LogP contribution in [0.4, 0.5) is 0 Å². The number of aliphatic hydroxyl groups excluding tert-OH is 1. The molecule has 1 heterocycles. The predicted molar refractivity (Wildman–Crippen MR) is 166 cm³/mol. The number of phenolic OH excluding ortho intramolecular Hbond substituents is 1.